The molecule has 6 heteroatoms. The molecular formula is C22H20O6. The van der Waals surface area contributed by atoms with Crippen LogP contribution in [0.4, 0.5) is 0 Å². The molecule has 144 valence electrons. The monoisotopic (exact) mass is 380 g/mol. The maximum Gasteiger partial charge on any atom is 0.348 e. The van der Waals surface area contributed by atoms with Crippen LogP contribution in [-0.4, -0.2) is 26.4 Å². The normalized spacial score (nSPS) is 15.1. The van der Waals surface area contributed by atoms with Crippen LogP contribution in [0.1, 0.15) is 30.5 Å². The molecule has 2 aromatic carbocycles. The van der Waals surface area contributed by atoms with E-state index in [9.17, 15) is 25.2 Å². The zero-order valence-electron chi connectivity index (χ0n) is 15.4. The second-order valence-corrected chi connectivity index (χ2v) is 6.70. The number of hydrogen-bond donors (Lipinski definition) is 4. The van der Waals surface area contributed by atoms with Gasteiger partial charge in [-0.3, -0.25) is 0 Å². The van der Waals surface area contributed by atoms with Crippen LogP contribution in [0.15, 0.2) is 59.6 Å². The number of benzene rings is 2. The van der Waals surface area contributed by atoms with Crippen LogP contribution in [0, 0.1) is 0 Å². The van der Waals surface area contributed by atoms with E-state index < -0.39 is 11.7 Å². The number of phenolic OH excluding ortho intramolecular Hbond substituents is 3. The third-order valence-electron chi connectivity index (χ3n) is 4.26. The van der Waals surface area contributed by atoms with E-state index in [4.69, 9.17) is 4.74 Å². The first kappa shape index (κ1) is 19.1. The summed E-state index contributed by atoms with van der Waals surface area (Å²) in [6, 6.07) is 8.58. The van der Waals surface area contributed by atoms with Gasteiger partial charge < -0.3 is 25.2 Å². The lowest BCUT2D eigenvalue weighted by Crippen LogP contribution is -1.98. The van der Waals surface area contributed by atoms with Crippen LogP contribution in [0.3, 0.4) is 0 Å². The zero-order chi connectivity index (χ0) is 20.4. The van der Waals surface area contributed by atoms with Crippen molar-refractivity contribution in [2.75, 3.05) is 0 Å². The molecule has 0 radical (unpaired) electrons. The Morgan fingerprint density at radius 1 is 1.00 bits per heavy atom. The van der Waals surface area contributed by atoms with Crippen molar-refractivity contribution < 1.29 is 30.0 Å². The molecule has 0 aromatic heterocycles. The Morgan fingerprint density at radius 3 is 2.43 bits per heavy atom. The quantitative estimate of drug-likeness (QED) is 0.468. The van der Waals surface area contributed by atoms with Crippen molar-refractivity contribution in [1.29, 1.82) is 0 Å². The zero-order valence-corrected chi connectivity index (χ0v) is 15.4. The lowest BCUT2D eigenvalue weighted by atomic mass is 10.0. The largest absolute Gasteiger partial charge is 0.508 e. The van der Waals surface area contributed by atoms with Crippen molar-refractivity contribution >= 4 is 17.6 Å². The minimum absolute atomic E-state index is 0.0543. The number of carbonyl (C=O) groups excluding carboxylic acids is 1. The third-order valence-corrected chi connectivity index (χ3v) is 4.26. The molecule has 28 heavy (non-hydrogen) atoms. The van der Waals surface area contributed by atoms with Gasteiger partial charge in [0.2, 0.25) is 0 Å². The highest BCUT2D eigenvalue weighted by Gasteiger charge is 2.32. The van der Waals surface area contributed by atoms with Gasteiger partial charge in [0, 0.05) is 11.6 Å². The first-order chi connectivity index (χ1) is 13.3. The summed E-state index contributed by atoms with van der Waals surface area (Å²) >= 11 is 0. The number of carbonyl (C=O) groups is 1. The number of cyclic esters (lactones) is 1. The summed E-state index contributed by atoms with van der Waals surface area (Å²) in [7, 11) is 0. The average molecular weight is 380 g/mol. The van der Waals surface area contributed by atoms with Crippen molar-refractivity contribution in [3.05, 3.63) is 76.3 Å². The van der Waals surface area contributed by atoms with Crippen LogP contribution in [-0.2, 0) is 16.0 Å². The molecule has 0 fully saturated rings. The second kappa shape index (κ2) is 7.52. The van der Waals surface area contributed by atoms with Gasteiger partial charge in [0.25, 0.3) is 0 Å². The molecule has 0 saturated heterocycles. The number of aromatic hydroxyl groups is 3. The van der Waals surface area contributed by atoms with Gasteiger partial charge in [-0.25, -0.2) is 4.79 Å². The fourth-order valence-electron chi connectivity index (χ4n) is 2.81. The highest BCUT2D eigenvalue weighted by atomic mass is 16.6. The topological polar surface area (TPSA) is 107 Å². The van der Waals surface area contributed by atoms with Gasteiger partial charge in [-0.2, -0.15) is 0 Å². The summed E-state index contributed by atoms with van der Waals surface area (Å²) in [5, 5.41) is 39.8. The summed E-state index contributed by atoms with van der Waals surface area (Å²) in [4.78, 5) is 12.2. The maximum atomic E-state index is 12.2. The van der Waals surface area contributed by atoms with Gasteiger partial charge in [0.05, 0.1) is 0 Å². The average Bonchev–Trinajstić information content (AvgIpc) is 2.89. The summed E-state index contributed by atoms with van der Waals surface area (Å²) in [5.74, 6) is -1.66. The molecule has 1 aliphatic rings. The van der Waals surface area contributed by atoms with Crippen LogP contribution in [0.25, 0.3) is 11.6 Å². The predicted molar refractivity (Wildman–Crippen MR) is 105 cm³/mol. The van der Waals surface area contributed by atoms with Gasteiger partial charge >= 0.3 is 5.97 Å². The predicted octanol–water partition coefficient (Wildman–Crippen LogP) is 4.18. The molecule has 6 nitrogen and oxygen atoms in total. The minimum Gasteiger partial charge on any atom is -0.508 e. The molecule has 3 rings (SSSR count). The number of hydrogen-bond acceptors (Lipinski definition) is 6. The summed E-state index contributed by atoms with van der Waals surface area (Å²) in [6.07, 6.45) is 3.99. The molecule has 0 bridgehead atoms. The number of rotatable bonds is 4. The van der Waals surface area contributed by atoms with E-state index >= 15 is 0 Å². The van der Waals surface area contributed by atoms with Crippen LogP contribution >= 0.6 is 0 Å². The lowest BCUT2D eigenvalue weighted by molar-refractivity contribution is -0.131. The Labute approximate surface area is 162 Å². The summed E-state index contributed by atoms with van der Waals surface area (Å²) in [5.41, 5.74) is 2.30. The Morgan fingerprint density at radius 2 is 1.75 bits per heavy atom. The highest BCUT2D eigenvalue weighted by molar-refractivity contribution is 6.21. The molecule has 0 amide bonds. The first-order valence-electron chi connectivity index (χ1n) is 8.61. The Bertz CT molecular complexity index is 1040. The molecule has 0 saturated carbocycles. The van der Waals surface area contributed by atoms with Crippen LogP contribution in [0.5, 0.6) is 17.2 Å². The van der Waals surface area contributed by atoms with E-state index in [2.05, 4.69) is 0 Å². The molecule has 2 aromatic rings. The van der Waals surface area contributed by atoms with Crippen molar-refractivity contribution in [2.45, 2.75) is 20.3 Å². The molecule has 0 unspecified atom stereocenters. The standard InChI is InChI=1S/C22H20O6/c1-12(2)3-5-14-9-13(4-8-17(14)24)10-19-21(26)20(22(27)28-19)16-7-6-15(23)11-18(16)25/h3-4,6-11,23-26H,5H2,1-2H3/b19-10-. The summed E-state index contributed by atoms with van der Waals surface area (Å²) in [6.45, 7) is 3.92. The smallest absolute Gasteiger partial charge is 0.348 e. The van der Waals surface area contributed by atoms with Crippen molar-refractivity contribution in [1.82, 2.24) is 0 Å². The van der Waals surface area contributed by atoms with E-state index in [-0.39, 0.29) is 34.1 Å². The lowest BCUT2D eigenvalue weighted by Gasteiger charge is -2.05. The molecule has 0 aliphatic carbocycles. The molecule has 0 spiro atoms. The SMILES string of the molecule is CC(C)=CCc1cc(/C=C2\OC(=O)C(c3ccc(O)cc3O)=C2O)ccc1O. The van der Waals surface area contributed by atoms with Gasteiger partial charge in [-0.1, -0.05) is 17.7 Å². The van der Waals surface area contributed by atoms with Gasteiger partial charge in [-0.05, 0) is 61.7 Å². The van der Waals surface area contributed by atoms with Crippen molar-refractivity contribution in [3.8, 4) is 17.2 Å². The van der Waals surface area contributed by atoms with Gasteiger partial charge in [-0.15, -0.1) is 0 Å². The van der Waals surface area contributed by atoms with Gasteiger partial charge in [0.1, 0.15) is 22.8 Å². The first-order valence-corrected chi connectivity index (χ1v) is 8.61. The Hall–Kier alpha value is -3.67. The van der Waals surface area contributed by atoms with Crippen molar-refractivity contribution in [3.63, 3.8) is 0 Å². The Balaban J connectivity index is 1.99. The summed E-state index contributed by atoms with van der Waals surface area (Å²) < 4.78 is 5.15. The number of aliphatic hydroxyl groups excluding tert-OH is 1. The minimum atomic E-state index is -0.812. The van der Waals surface area contributed by atoms with E-state index in [0.717, 1.165) is 11.6 Å². The van der Waals surface area contributed by atoms with E-state index in [0.29, 0.717) is 17.5 Å². The van der Waals surface area contributed by atoms with E-state index in [1.165, 1.54) is 24.3 Å². The highest BCUT2D eigenvalue weighted by Crippen LogP contribution is 2.38. The molecular weight excluding hydrogens is 360 g/mol. The van der Waals surface area contributed by atoms with Crippen LogP contribution < -0.4 is 0 Å². The molecule has 4 N–H and O–H groups in total. The number of esters is 1. The van der Waals surface area contributed by atoms with E-state index in [1.807, 2.05) is 19.9 Å². The molecule has 1 aliphatic heterocycles. The molecule has 0 atom stereocenters. The second-order valence-electron chi connectivity index (χ2n) is 6.70. The number of ether oxygens (including phenoxy) is 1. The Kier molecular flexibility index (Phi) is 5.13. The number of aliphatic hydroxyl groups is 1. The van der Waals surface area contributed by atoms with E-state index in [1.54, 1.807) is 12.1 Å². The van der Waals surface area contributed by atoms with Crippen LogP contribution in [0.2, 0.25) is 0 Å². The maximum absolute atomic E-state index is 12.2. The number of allylic oxidation sites excluding steroid dienone is 2. The van der Waals surface area contributed by atoms with Gasteiger partial charge in [0.15, 0.2) is 11.5 Å². The fourth-order valence-corrected chi connectivity index (χ4v) is 2.81. The third kappa shape index (κ3) is 3.86. The fraction of sp³-hybridized carbons (Fsp3) is 0.136. The number of phenols is 3. The molecule has 1 heterocycles. The van der Waals surface area contributed by atoms with Crippen molar-refractivity contribution in [2.24, 2.45) is 0 Å².